The van der Waals surface area contributed by atoms with Gasteiger partial charge in [0.2, 0.25) is 0 Å². The van der Waals surface area contributed by atoms with E-state index in [1.165, 1.54) is 19.2 Å². The Bertz CT molecular complexity index is 462. The molecule has 0 saturated carbocycles. The van der Waals surface area contributed by atoms with E-state index in [0.717, 1.165) is 6.07 Å². The van der Waals surface area contributed by atoms with Crippen LogP contribution in [-0.2, 0) is 4.74 Å². The summed E-state index contributed by atoms with van der Waals surface area (Å²) in [6.45, 7) is 2.12. The van der Waals surface area contributed by atoms with E-state index in [0.29, 0.717) is 6.54 Å². The Labute approximate surface area is 104 Å². The molecule has 1 aromatic rings. The number of nitro groups is 1. The molecule has 1 atom stereocenters. The zero-order valence-corrected chi connectivity index (χ0v) is 10.2. The van der Waals surface area contributed by atoms with Crippen LogP contribution in [0.3, 0.4) is 0 Å². The van der Waals surface area contributed by atoms with Crippen LogP contribution in [0.4, 0.5) is 11.4 Å². The van der Waals surface area contributed by atoms with Crippen molar-refractivity contribution in [3.8, 4) is 0 Å². The maximum Gasteiger partial charge on any atom is 0.292 e. The van der Waals surface area contributed by atoms with Crippen molar-refractivity contribution in [3.05, 3.63) is 33.9 Å². The minimum atomic E-state index is -0.621. The second-order valence-electron chi connectivity index (χ2n) is 3.79. The number of nitrogens with one attached hydrogen (secondary N) is 1. The molecule has 0 saturated heterocycles. The molecule has 18 heavy (non-hydrogen) atoms. The molecule has 0 fully saturated rings. The zero-order valence-electron chi connectivity index (χ0n) is 10.2. The lowest BCUT2D eigenvalue weighted by atomic mass is 10.1. The van der Waals surface area contributed by atoms with Crippen molar-refractivity contribution in [1.82, 2.24) is 5.32 Å². The SMILES string of the molecule is COC(C)CNC(=O)c1ccc(N)c([N+](=O)[O-])c1. The van der Waals surface area contributed by atoms with E-state index < -0.39 is 10.8 Å². The maximum atomic E-state index is 11.7. The Kier molecular flexibility index (Phi) is 4.61. The summed E-state index contributed by atoms with van der Waals surface area (Å²) in [5.41, 5.74) is 5.39. The predicted octanol–water partition coefficient (Wildman–Crippen LogP) is 0.942. The topological polar surface area (TPSA) is 107 Å². The van der Waals surface area contributed by atoms with Gasteiger partial charge in [0.1, 0.15) is 5.69 Å². The normalized spacial score (nSPS) is 11.9. The number of nitrogens with two attached hydrogens (primary N) is 1. The number of carbonyl (C=O) groups excluding carboxylic acids is 1. The molecule has 0 aliphatic carbocycles. The number of ether oxygens (including phenoxy) is 1. The van der Waals surface area contributed by atoms with Crippen molar-refractivity contribution in [3.63, 3.8) is 0 Å². The molecule has 0 bridgehead atoms. The van der Waals surface area contributed by atoms with E-state index in [9.17, 15) is 14.9 Å². The second kappa shape index (κ2) is 5.97. The molecule has 1 unspecified atom stereocenters. The van der Waals surface area contributed by atoms with E-state index in [2.05, 4.69) is 5.32 Å². The maximum absolute atomic E-state index is 11.7. The lowest BCUT2D eigenvalue weighted by Gasteiger charge is -2.10. The standard InChI is InChI=1S/C11H15N3O4/c1-7(18-2)6-13-11(15)8-3-4-9(12)10(5-8)14(16)17/h3-5,7H,6,12H2,1-2H3,(H,13,15). The summed E-state index contributed by atoms with van der Waals surface area (Å²) in [5.74, 6) is -0.401. The largest absolute Gasteiger partial charge is 0.393 e. The Balaban J connectivity index is 2.80. The van der Waals surface area contributed by atoms with Gasteiger partial charge in [0.05, 0.1) is 11.0 Å². The molecule has 1 aromatic carbocycles. The van der Waals surface area contributed by atoms with Gasteiger partial charge in [-0.3, -0.25) is 14.9 Å². The minimum absolute atomic E-state index is 0.0295. The van der Waals surface area contributed by atoms with Gasteiger partial charge < -0.3 is 15.8 Å². The molecule has 0 radical (unpaired) electrons. The van der Waals surface area contributed by atoms with Crippen molar-refractivity contribution in [1.29, 1.82) is 0 Å². The summed E-state index contributed by atoms with van der Waals surface area (Å²) in [6.07, 6.45) is -0.127. The third-order valence-corrected chi connectivity index (χ3v) is 2.44. The average Bonchev–Trinajstić information content (AvgIpc) is 2.35. The number of carbonyl (C=O) groups is 1. The first kappa shape index (κ1) is 13.9. The third kappa shape index (κ3) is 3.42. The van der Waals surface area contributed by atoms with Crippen molar-refractivity contribution < 1.29 is 14.5 Å². The highest BCUT2D eigenvalue weighted by molar-refractivity contribution is 5.95. The molecule has 1 rings (SSSR count). The van der Waals surface area contributed by atoms with Gasteiger partial charge in [-0.05, 0) is 19.1 Å². The summed E-state index contributed by atoms with van der Waals surface area (Å²) in [6, 6.07) is 3.93. The molecular formula is C11H15N3O4. The van der Waals surface area contributed by atoms with E-state index in [4.69, 9.17) is 10.5 Å². The second-order valence-corrected chi connectivity index (χ2v) is 3.79. The van der Waals surface area contributed by atoms with Crippen LogP contribution >= 0.6 is 0 Å². The van der Waals surface area contributed by atoms with Crippen LogP contribution in [0.15, 0.2) is 18.2 Å². The summed E-state index contributed by atoms with van der Waals surface area (Å²) < 4.78 is 4.97. The Hall–Kier alpha value is -2.15. The molecule has 0 spiro atoms. The number of methoxy groups -OCH3 is 1. The molecule has 98 valence electrons. The van der Waals surface area contributed by atoms with Crippen molar-refractivity contribution in [2.45, 2.75) is 13.0 Å². The van der Waals surface area contributed by atoms with Crippen LogP contribution in [0, 0.1) is 10.1 Å². The predicted molar refractivity (Wildman–Crippen MR) is 66.3 cm³/mol. The fourth-order valence-electron chi connectivity index (χ4n) is 1.26. The summed E-state index contributed by atoms with van der Waals surface area (Å²) in [7, 11) is 1.53. The number of nitrogens with zero attached hydrogens (tertiary/aromatic N) is 1. The lowest BCUT2D eigenvalue weighted by molar-refractivity contribution is -0.383. The molecule has 0 aliphatic heterocycles. The third-order valence-electron chi connectivity index (χ3n) is 2.44. The summed E-state index contributed by atoms with van der Waals surface area (Å²) >= 11 is 0. The van der Waals surface area contributed by atoms with Gasteiger partial charge in [-0.1, -0.05) is 0 Å². The van der Waals surface area contributed by atoms with Crippen LogP contribution < -0.4 is 11.1 Å². The van der Waals surface area contributed by atoms with Crippen LogP contribution in [-0.4, -0.2) is 30.6 Å². The minimum Gasteiger partial charge on any atom is -0.393 e. The fraction of sp³-hybridized carbons (Fsp3) is 0.364. The van der Waals surface area contributed by atoms with E-state index in [1.54, 1.807) is 6.92 Å². The highest BCUT2D eigenvalue weighted by atomic mass is 16.6. The van der Waals surface area contributed by atoms with Crippen molar-refractivity contribution >= 4 is 17.3 Å². The molecular weight excluding hydrogens is 238 g/mol. The number of rotatable bonds is 5. The number of amides is 1. The monoisotopic (exact) mass is 253 g/mol. The molecule has 7 heteroatoms. The van der Waals surface area contributed by atoms with Crippen LogP contribution in [0.5, 0.6) is 0 Å². The zero-order chi connectivity index (χ0) is 13.7. The highest BCUT2D eigenvalue weighted by Gasteiger charge is 2.15. The first-order chi connectivity index (χ1) is 8.45. The number of benzene rings is 1. The van der Waals surface area contributed by atoms with Crippen LogP contribution in [0.25, 0.3) is 0 Å². The number of nitro benzene ring substituents is 1. The van der Waals surface area contributed by atoms with Gasteiger partial charge in [0, 0.05) is 25.3 Å². The molecule has 1 amide bonds. The molecule has 3 N–H and O–H groups in total. The fourth-order valence-corrected chi connectivity index (χ4v) is 1.26. The number of anilines is 1. The van der Waals surface area contributed by atoms with Gasteiger partial charge in [-0.25, -0.2) is 0 Å². The van der Waals surface area contributed by atoms with Gasteiger partial charge in [-0.15, -0.1) is 0 Å². The first-order valence-electron chi connectivity index (χ1n) is 5.30. The van der Waals surface area contributed by atoms with Crippen molar-refractivity contribution in [2.24, 2.45) is 0 Å². The molecule has 0 aromatic heterocycles. The lowest BCUT2D eigenvalue weighted by Crippen LogP contribution is -2.31. The Morgan fingerprint density at radius 1 is 1.61 bits per heavy atom. The number of hydrogen-bond acceptors (Lipinski definition) is 5. The quantitative estimate of drug-likeness (QED) is 0.461. The highest BCUT2D eigenvalue weighted by Crippen LogP contribution is 2.22. The van der Waals surface area contributed by atoms with Crippen LogP contribution in [0.2, 0.25) is 0 Å². The molecule has 0 aliphatic rings. The van der Waals surface area contributed by atoms with E-state index in [-0.39, 0.29) is 23.0 Å². The molecule has 0 heterocycles. The Morgan fingerprint density at radius 2 is 2.28 bits per heavy atom. The summed E-state index contributed by atoms with van der Waals surface area (Å²) in [5, 5.41) is 13.3. The summed E-state index contributed by atoms with van der Waals surface area (Å²) in [4.78, 5) is 21.8. The van der Waals surface area contributed by atoms with E-state index >= 15 is 0 Å². The van der Waals surface area contributed by atoms with Gasteiger partial charge in [0.25, 0.3) is 11.6 Å². The number of hydrogen-bond donors (Lipinski definition) is 2. The number of nitrogen functional groups attached to an aromatic ring is 1. The van der Waals surface area contributed by atoms with E-state index in [1.807, 2.05) is 0 Å². The van der Waals surface area contributed by atoms with Crippen LogP contribution in [0.1, 0.15) is 17.3 Å². The van der Waals surface area contributed by atoms with Gasteiger partial charge in [0.15, 0.2) is 0 Å². The van der Waals surface area contributed by atoms with Gasteiger partial charge >= 0.3 is 0 Å². The van der Waals surface area contributed by atoms with Crippen molar-refractivity contribution in [2.75, 3.05) is 19.4 Å². The smallest absolute Gasteiger partial charge is 0.292 e. The first-order valence-corrected chi connectivity index (χ1v) is 5.30. The molecule has 7 nitrogen and oxygen atoms in total. The Morgan fingerprint density at radius 3 is 2.83 bits per heavy atom. The average molecular weight is 253 g/mol. The van der Waals surface area contributed by atoms with Gasteiger partial charge in [-0.2, -0.15) is 0 Å².